The standard InChI is InChI=1S/C26H27FN6/c1-4-17(2)24-14-30-26-25(31-22(16-33(24)26)19-11-20(27)13-28-12-19)29-10-9-18-15-32(3)23-8-6-5-7-21(18)23/h5-8,11-17H,4,9-10H2,1-3H3,(H,29,31). The summed E-state index contributed by atoms with van der Waals surface area (Å²) >= 11 is 0. The van der Waals surface area contributed by atoms with Crippen molar-refractivity contribution in [3.63, 3.8) is 0 Å². The second-order valence-electron chi connectivity index (χ2n) is 8.51. The van der Waals surface area contributed by atoms with Gasteiger partial charge in [0.2, 0.25) is 0 Å². The molecule has 7 heteroatoms. The van der Waals surface area contributed by atoms with Gasteiger partial charge in [-0.1, -0.05) is 32.0 Å². The molecule has 0 saturated carbocycles. The Balaban J connectivity index is 1.50. The minimum Gasteiger partial charge on any atom is -0.367 e. The number of hydrogen-bond acceptors (Lipinski definition) is 4. The zero-order chi connectivity index (χ0) is 22.9. The van der Waals surface area contributed by atoms with E-state index in [2.05, 4.69) is 75.6 Å². The maximum Gasteiger partial charge on any atom is 0.180 e. The molecule has 0 amide bonds. The molecule has 0 aliphatic rings. The lowest BCUT2D eigenvalue weighted by molar-refractivity contribution is 0.622. The summed E-state index contributed by atoms with van der Waals surface area (Å²) in [6.45, 7) is 5.04. The van der Waals surface area contributed by atoms with Gasteiger partial charge in [0.1, 0.15) is 5.82 Å². The van der Waals surface area contributed by atoms with Crippen molar-refractivity contribution in [1.29, 1.82) is 0 Å². The maximum atomic E-state index is 13.9. The minimum absolute atomic E-state index is 0.337. The number of aromatic nitrogens is 5. The van der Waals surface area contributed by atoms with E-state index in [-0.39, 0.29) is 5.82 Å². The van der Waals surface area contributed by atoms with Crippen LogP contribution in [-0.2, 0) is 13.5 Å². The Kier molecular flexibility index (Phi) is 5.54. The summed E-state index contributed by atoms with van der Waals surface area (Å²) in [5, 5.41) is 4.75. The lowest BCUT2D eigenvalue weighted by atomic mass is 10.1. The molecule has 6 nitrogen and oxygen atoms in total. The molecule has 33 heavy (non-hydrogen) atoms. The number of fused-ring (bicyclic) bond motifs is 2. The molecular formula is C26H27FN6. The molecule has 5 aromatic rings. The summed E-state index contributed by atoms with van der Waals surface area (Å²) in [4.78, 5) is 13.5. The summed E-state index contributed by atoms with van der Waals surface area (Å²) in [5.41, 5.74) is 5.68. The van der Waals surface area contributed by atoms with Crippen molar-refractivity contribution in [3.8, 4) is 11.3 Å². The van der Waals surface area contributed by atoms with Crippen molar-refractivity contribution in [1.82, 2.24) is 23.9 Å². The summed E-state index contributed by atoms with van der Waals surface area (Å²) in [5.74, 6) is 0.642. The first-order valence-corrected chi connectivity index (χ1v) is 11.3. The molecule has 0 spiro atoms. The van der Waals surface area contributed by atoms with E-state index in [4.69, 9.17) is 4.98 Å². The lowest BCUT2D eigenvalue weighted by Crippen LogP contribution is -2.09. The first kappa shape index (κ1) is 21.1. The van der Waals surface area contributed by atoms with Gasteiger partial charge in [0.25, 0.3) is 0 Å². The number of halogens is 1. The second-order valence-corrected chi connectivity index (χ2v) is 8.51. The number of pyridine rings is 1. The van der Waals surface area contributed by atoms with Crippen LogP contribution in [0.25, 0.3) is 27.8 Å². The molecule has 4 aromatic heterocycles. The fourth-order valence-corrected chi connectivity index (χ4v) is 4.33. The predicted octanol–water partition coefficient (Wildman–Crippen LogP) is 5.59. The monoisotopic (exact) mass is 442 g/mol. The minimum atomic E-state index is -0.382. The molecule has 5 rings (SSSR count). The van der Waals surface area contributed by atoms with Gasteiger partial charge < -0.3 is 9.88 Å². The van der Waals surface area contributed by atoms with Crippen LogP contribution in [0.15, 0.2) is 61.3 Å². The molecule has 0 aliphatic heterocycles. The molecule has 1 atom stereocenters. The zero-order valence-electron chi connectivity index (χ0n) is 19.1. The molecule has 4 heterocycles. The number of nitrogens with zero attached hydrogens (tertiary/aromatic N) is 5. The Hall–Kier alpha value is -3.74. The van der Waals surface area contributed by atoms with Crippen LogP contribution in [0, 0.1) is 5.82 Å². The molecule has 168 valence electrons. The van der Waals surface area contributed by atoms with Crippen molar-refractivity contribution in [2.75, 3.05) is 11.9 Å². The molecule has 0 saturated heterocycles. The number of aryl methyl sites for hydroxylation is 1. The SMILES string of the molecule is CCC(C)c1cnc2c(NCCc3cn(C)c4ccccc34)nc(-c3cncc(F)c3)cn12. The number of para-hydroxylation sites is 1. The number of rotatable bonds is 7. The first-order chi connectivity index (χ1) is 16.0. The molecule has 1 N–H and O–H groups in total. The molecule has 0 aliphatic carbocycles. The molecule has 0 radical (unpaired) electrons. The van der Waals surface area contributed by atoms with Crippen molar-refractivity contribution >= 4 is 22.4 Å². The van der Waals surface area contributed by atoms with Gasteiger partial charge in [-0.15, -0.1) is 0 Å². The van der Waals surface area contributed by atoms with Crippen molar-refractivity contribution < 1.29 is 4.39 Å². The van der Waals surface area contributed by atoms with Gasteiger partial charge in [0.15, 0.2) is 11.5 Å². The third-order valence-electron chi connectivity index (χ3n) is 6.31. The highest BCUT2D eigenvalue weighted by atomic mass is 19.1. The quantitative estimate of drug-likeness (QED) is 0.357. The van der Waals surface area contributed by atoms with Crippen molar-refractivity contribution in [2.45, 2.75) is 32.6 Å². The molecule has 0 bridgehead atoms. The fraction of sp³-hybridized carbons (Fsp3) is 0.269. The van der Waals surface area contributed by atoms with E-state index in [1.54, 1.807) is 6.20 Å². The summed E-state index contributed by atoms with van der Waals surface area (Å²) < 4.78 is 18.1. The van der Waals surface area contributed by atoms with E-state index < -0.39 is 0 Å². The largest absolute Gasteiger partial charge is 0.367 e. The lowest BCUT2D eigenvalue weighted by Gasteiger charge is -2.13. The Morgan fingerprint density at radius 2 is 1.97 bits per heavy atom. The molecular weight excluding hydrogens is 415 g/mol. The predicted molar refractivity (Wildman–Crippen MR) is 130 cm³/mol. The van der Waals surface area contributed by atoms with E-state index in [1.165, 1.54) is 28.7 Å². The summed E-state index contributed by atoms with van der Waals surface area (Å²) in [7, 11) is 2.07. The van der Waals surface area contributed by atoms with E-state index in [0.717, 1.165) is 24.2 Å². The van der Waals surface area contributed by atoms with Crippen LogP contribution in [0.5, 0.6) is 0 Å². The van der Waals surface area contributed by atoms with E-state index in [0.29, 0.717) is 29.5 Å². The fourth-order valence-electron chi connectivity index (χ4n) is 4.33. The Morgan fingerprint density at radius 1 is 1.12 bits per heavy atom. The average molecular weight is 443 g/mol. The number of benzene rings is 1. The van der Waals surface area contributed by atoms with Crippen LogP contribution in [0.4, 0.5) is 10.2 Å². The topological polar surface area (TPSA) is 60.0 Å². The normalized spacial score (nSPS) is 12.5. The van der Waals surface area contributed by atoms with Crippen molar-refractivity contribution in [2.24, 2.45) is 7.05 Å². The second kappa shape index (κ2) is 8.65. The van der Waals surface area contributed by atoms with Crippen LogP contribution in [0.1, 0.15) is 37.4 Å². The third-order valence-corrected chi connectivity index (χ3v) is 6.31. The van der Waals surface area contributed by atoms with Crippen LogP contribution in [0.3, 0.4) is 0 Å². The summed E-state index contributed by atoms with van der Waals surface area (Å²) in [6, 6.07) is 9.88. The molecule has 1 unspecified atom stereocenters. The van der Waals surface area contributed by atoms with Gasteiger partial charge in [0.05, 0.1) is 11.9 Å². The average Bonchev–Trinajstić information content (AvgIpc) is 3.40. The Labute approximate surface area is 192 Å². The molecule has 0 fully saturated rings. The maximum absolute atomic E-state index is 13.9. The highest BCUT2D eigenvalue weighted by Crippen LogP contribution is 2.27. The van der Waals surface area contributed by atoms with Crippen LogP contribution < -0.4 is 5.32 Å². The summed E-state index contributed by atoms with van der Waals surface area (Å²) in [6.07, 6.45) is 10.7. The van der Waals surface area contributed by atoms with E-state index >= 15 is 0 Å². The number of hydrogen-bond donors (Lipinski definition) is 1. The van der Waals surface area contributed by atoms with Gasteiger partial charge in [-0.25, -0.2) is 14.4 Å². The van der Waals surface area contributed by atoms with Crippen LogP contribution >= 0.6 is 0 Å². The third kappa shape index (κ3) is 3.95. The smallest absolute Gasteiger partial charge is 0.180 e. The van der Waals surface area contributed by atoms with E-state index in [1.807, 2.05) is 12.4 Å². The van der Waals surface area contributed by atoms with Gasteiger partial charge in [-0.2, -0.15) is 0 Å². The zero-order valence-corrected chi connectivity index (χ0v) is 19.1. The number of imidazole rings is 1. The van der Waals surface area contributed by atoms with Gasteiger partial charge >= 0.3 is 0 Å². The highest BCUT2D eigenvalue weighted by Gasteiger charge is 2.16. The first-order valence-electron chi connectivity index (χ1n) is 11.3. The van der Waals surface area contributed by atoms with Crippen LogP contribution in [-0.4, -0.2) is 30.5 Å². The van der Waals surface area contributed by atoms with Gasteiger partial charge in [0, 0.05) is 60.5 Å². The van der Waals surface area contributed by atoms with E-state index in [9.17, 15) is 4.39 Å². The van der Waals surface area contributed by atoms with Crippen molar-refractivity contribution in [3.05, 3.63) is 78.4 Å². The number of anilines is 1. The highest BCUT2D eigenvalue weighted by molar-refractivity contribution is 5.84. The van der Waals surface area contributed by atoms with Gasteiger partial charge in [-0.3, -0.25) is 9.38 Å². The number of nitrogens with one attached hydrogen (secondary N) is 1. The van der Waals surface area contributed by atoms with Gasteiger partial charge in [-0.05, 0) is 36.5 Å². The Bertz CT molecular complexity index is 1430. The molecule has 1 aromatic carbocycles. The Morgan fingerprint density at radius 3 is 2.79 bits per heavy atom. The van der Waals surface area contributed by atoms with Crippen LogP contribution in [0.2, 0.25) is 0 Å².